The van der Waals surface area contributed by atoms with E-state index < -0.39 is 5.97 Å². The third-order valence-electron chi connectivity index (χ3n) is 0.554. The minimum atomic E-state index is -1.19. The number of carbonyl (C=O) groups excluding carboxylic acids is 1. The molecule has 5 heteroatoms. The maximum absolute atomic E-state index is 9.83. The summed E-state index contributed by atoms with van der Waals surface area (Å²) in [5.41, 5.74) is 0.137. The Morgan fingerprint density at radius 3 is 2.60 bits per heavy atom. The molecular weight excluding hydrogens is 136 g/mol. The third kappa shape index (κ3) is 4.63. The average Bonchev–Trinajstić information content (AvgIpc) is 1.87. The average molecular weight is 142 g/mol. The topological polar surface area (TPSA) is 79.1 Å². The van der Waals surface area contributed by atoms with Gasteiger partial charge in [0.05, 0.1) is 5.71 Å². The van der Waals surface area contributed by atoms with Gasteiger partial charge in [0, 0.05) is 0 Å². The van der Waals surface area contributed by atoms with Crippen molar-refractivity contribution in [1.82, 2.24) is 0 Å². The van der Waals surface area contributed by atoms with Crippen LogP contribution in [-0.4, -0.2) is 29.3 Å². The van der Waals surface area contributed by atoms with E-state index in [9.17, 15) is 9.59 Å². The highest BCUT2D eigenvalue weighted by Gasteiger charge is 1.85. The summed E-state index contributed by atoms with van der Waals surface area (Å²) in [5.74, 6) is -1.19. The zero-order valence-electron chi connectivity index (χ0n) is 5.31. The molecule has 1 N–H and O–H groups in total. The molecule has 0 amide bonds. The number of hydrogen-bond acceptors (Lipinski definition) is 4. The SMILES string of the molecule is CC(C=O)=NN=CC(=O)O. The summed E-state index contributed by atoms with van der Waals surface area (Å²) in [4.78, 5) is 19.6. The molecule has 0 aromatic carbocycles. The van der Waals surface area contributed by atoms with Crippen LogP contribution < -0.4 is 0 Å². The molecule has 0 aliphatic carbocycles. The van der Waals surface area contributed by atoms with Gasteiger partial charge in [0.2, 0.25) is 0 Å². The highest BCUT2D eigenvalue weighted by atomic mass is 16.4. The first kappa shape index (κ1) is 8.48. The predicted molar refractivity (Wildman–Crippen MR) is 35.3 cm³/mol. The number of nitrogens with zero attached hydrogens (tertiary/aromatic N) is 2. The predicted octanol–water partition coefficient (Wildman–Crippen LogP) is -0.283. The molecule has 0 radical (unpaired) electrons. The van der Waals surface area contributed by atoms with Crippen LogP contribution in [0.5, 0.6) is 0 Å². The van der Waals surface area contributed by atoms with Crippen LogP contribution in [0.15, 0.2) is 10.2 Å². The van der Waals surface area contributed by atoms with Crippen LogP contribution in [0.1, 0.15) is 6.92 Å². The molecule has 0 aromatic heterocycles. The number of carboxylic acids is 1. The van der Waals surface area contributed by atoms with Crippen molar-refractivity contribution in [3.63, 3.8) is 0 Å². The molecule has 0 bridgehead atoms. The van der Waals surface area contributed by atoms with Crippen LogP contribution in [0.4, 0.5) is 0 Å². The summed E-state index contributed by atoms with van der Waals surface area (Å²) in [6.45, 7) is 1.42. The van der Waals surface area contributed by atoms with Gasteiger partial charge in [-0.05, 0) is 6.92 Å². The van der Waals surface area contributed by atoms with E-state index in [1.807, 2.05) is 0 Å². The molecule has 0 unspecified atom stereocenters. The van der Waals surface area contributed by atoms with Crippen molar-refractivity contribution >= 4 is 24.2 Å². The molecule has 0 rings (SSSR count). The zero-order chi connectivity index (χ0) is 7.98. The second-order valence-electron chi connectivity index (χ2n) is 1.44. The van der Waals surface area contributed by atoms with E-state index in [-0.39, 0.29) is 5.71 Å². The maximum atomic E-state index is 9.83. The number of aliphatic carboxylic acids is 1. The molecule has 0 saturated heterocycles. The van der Waals surface area contributed by atoms with Gasteiger partial charge >= 0.3 is 5.97 Å². The highest BCUT2D eigenvalue weighted by molar-refractivity contribution is 6.27. The number of hydrogen-bond donors (Lipinski definition) is 1. The fourth-order valence-electron chi connectivity index (χ4n) is 0.193. The van der Waals surface area contributed by atoms with Gasteiger partial charge in [-0.2, -0.15) is 10.2 Å². The fourth-order valence-corrected chi connectivity index (χ4v) is 0.193. The van der Waals surface area contributed by atoms with Gasteiger partial charge in [-0.25, -0.2) is 4.79 Å². The van der Waals surface area contributed by atoms with Crippen LogP contribution in [-0.2, 0) is 9.59 Å². The first-order valence-corrected chi connectivity index (χ1v) is 2.42. The van der Waals surface area contributed by atoms with Crippen LogP contribution in [0.3, 0.4) is 0 Å². The Balaban J connectivity index is 3.93. The lowest BCUT2D eigenvalue weighted by molar-refractivity contribution is -0.128. The molecule has 0 fully saturated rings. The van der Waals surface area contributed by atoms with Gasteiger partial charge in [-0.3, -0.25) is 4.79 Å². The van der Waals surface area contributed by atoms with Crippen LogP contribution in [0.25, 0.3) is 0 Å². The summed E-state index contributed by atoms with van der Waals surface area (Å²) in [6, 6.07) is 0. The molecule has 0 aliphatic rings. The smallest absolute Gasteiger partial charge is 0.348 e. The summed E-state index contributed by atoms with van der Waals surface area (Å²) >= 11 is 0. The molecule has 0 atom stereocenters. The van der Waals surface area contributed by atoms with E-state index in [2.05, 4.69) is 10.2 Å². The molecule has 5 nitrogen and oxygen atoms in total. The maximum Gasteiger partial charge on any atom is 0.348 e. The first-order valence-electron chi connectivity index (χ1n) is 2.42. The molecule has 0 aliphatic heterocycles. The van der Waals surface area contributed by atoms with Crippen molar-refractivity contribution in [3.05, 3.63) is 0 Å². The second-order valence-corrected chi connectivity index (χ2v) is 1.44. The Kier molecular flexibility index (Phi) is 3.70. The Hall–Kier alpha value is -1.52. The van der Waals surface area contributed by atoms with Gasteiger partial charge in [0.25, 0.3) is 0 Å². The summed E-state index contributed by atoms with van der Waals surface area (Å²) in [5, 5.41) is 14.3. The van der Waals surface area contributed by atoms with Gasteiger partial charge in [0.15, 0.2) is 6.29 Å². The quantitative estimate of drug-likeness (QED) is 0.334. The molecule has 10 heavy (non-hydrogen) atoms. The van der Waals surface area contributed by atoms with E-state index in [0.717, 1.165) is 0 Å². The molecule has 0 saturated carbocycles. The van der Waals surface area contributed by atoms with Gasteiger partial charge < -0.3 is 5.11 Å². The Bertz CT molecular complexity index is 195. The van der Waals surface area contributed by atoms with Gasteiger partial charge in [-0.1, -0.05) is 0 Å². The number of aldehydes is 1. The molecular formula is C5H6N2O3. The number of carbonyl (C=O) groups is 2. The van der Waals surface area contributed by atoms with Gasteiger partial charge in [-0.15, -0.1) is 0 Å². The van der Waals surface area contributed by atoms with E-state index in [1.54, 1.807) is 0 Å². The fraction of sp³-hybridized carbons (Fsp3) is 0.200. The number of carboxylic acid groups (broad SMARTS) is 1. The standard InChI is InChI=1S/C5H6N2O3/c1-4(3-8)7-6-2-5(9)10/h2-3H,1H3,(H,9,10). The van der Waals surface area contributed by atoms with Crippen molar-refractivity contribution in [3.8, 4) is 0 Å². The van der Waals surface area contributed by atoms with Crippen molar-refractivity contribution < 1.29 is 14.7 Å². The third-order valence-corrected chi connectivity index (χ3v) is 0.554. The molecule has 54 valence electrons. The first-order chi connectivity index (χ1) is 4.66. The van der Waals surface area contributed by atoms with E-state index in [1.165, 1.54) is 6.92 Å². The lowest BCUT2D eigenvalue weighted by atomic mass is 10.5. The largest absolute Gasteiger partial charge is 0.477 e. The van der Waals surface area contributed by atoms with Crippen molar-refractivity contribution in [2.24, 2.45) is 10.2 Å². The molecule has 0 heterocycles. The Labute approximate surface area is 57.1 Å². The monoisotopic (exact) mass is 142 g/mol. The van der Waals surface area contributed by atoms with Crippen LogP contribution in [0, 0.1) is 0 Å². The van der Waals surface area contributed by atoms with E-state index >= 15 is 0 Å². The second kappa shape index (κ2) is 4.37. The minimum Gasteiger partial charge on any atom is -0.477 e. The lowest BCUT2D eigenvalue weighted by Crippen LogP contribution is -1.95. The van der Waals surface area contributed by atoms with Gasteiger partial charge in [0.1, 0.15) is 6.21 Å². The molecule has 0 spiro atoms. The van der Waals surface area contributed by atoms with E-state index in [0.29, 0.717) is 12.5 Å². The molecule has 0 aromatic rings. The van der Waals surface area contributed by atoms with Crippen molar-refractivity contribution in [2.75, 3.05) is 0 Å². The summed E-state index contributed by atoms with van der Waals surface area (Å²) < 4.78 is 0. The van der Waals surface area contributed by atoms with Crippen molar-refractivity contribution in [2.45, 2.75) is 6.92 Å². The number of rotatable bonds is 3. The Morgan fingerprint density at radius 2 is 2.20 bits per heavy atom. The summed E-state index contributed by atoms with van der Waals surface area (Å²) in [7, 11) is 0. The normalized spacial score (nSPS) is 11.9. The minimum absolute atomic E-state index is 0.137. The Morgan fingerprint density at radius 1 is 1.60 bits per heavy atom. The van der Waals surface area contributed by atoms with Crippen molar-refractivity contribution in [1.29, 1.82) is 0 Å². The lowest BCUT2D eigenvalue weighted by Gasteiger charge is -1.78. The summed E-state index contributed by atoms with van der Waals surface area (Å²) in [6.07, 6.45) is 1.09. The highest BCUT2D eigenvalue weighted by Crippen LogP contribution is 1.72. The van der Waals surface area contributed by atoms with E-state index in [4.69, 9.17) is 5.11 Å². The zero-order valence-corrected chi connectivity index (χ0v) is 5.31. The van der Waals surface area contributed by atoms with Crippen LogP contribution >= 0.6 is 0 Å². The van der Waals surface area contributed by atoms with Crippen LogP contribution in [0.2, 0.25) is 0 Å².